The topological polar surface area (TPSA) is 92.3 Å². The van der Waals surface area contributed by atoms with Crippen LogP contribution in [0.4, 0.5) is 5.69 Å². The molecule has 4 aromatic rings. The molecule has 4 rings (SSSR count). The number of carbonyl (C=O) groups excluding carboxylic acids is 2. The normalized spacial score (nSPS) is 10.6. The molecule has 0 saturated carbocycles. The Kier molecular flexibility index (Phi) is 4.95. The van der Waals surface area contributed by atoms with Crippen molar-refractivity contribution in [3.8, 4) is 6.07 Å². The van der Waals surface area contributed by atoms with Crippen LogP contribution in [0.3, 0.4) is 0 Å². The Morgan fingerprint density at radius 3 is 2.59 bits per heavy atom. The average Bonchev–Trinajstić information content (AvgIpc) is 3.11. The number of nitriles is 1. The molecule has 0 saturated heterocycles. The summed E-state index contributed by atoms with van der Waals surface area (Å²) in [5.74, 6) is -1.09. The lowest BCUT2D eigenvalue weighted by molar-refractivity contribution is -0.119. The Balaban J connectivity index is 1.44. The van der Waals surface area contributed by atoms with E-state index in [1.807, 2.05) is 36.4 Å². The monoisotopic (exact) mass is 384 g/mol. The van der Waals surface area contributed by atoms with E-state index in [0.29, 0.717) is 11.3 Å². The third-order valence-electron chi connectivity index (χ3n) is 4.50. The molecule has 0 unspecified atom stereocenters. The Labute approximate surface area is 166 Å². The van der Waals surface area contributed by atoms with Gasteiger partial charge in [0.15, 0.2) is 6.61 Å². The molecule has 1 aromatic heterocycles. The van der Waals surface area contributed by atoms with Gasteiger partial charge in [-0.2, -0.15) is 5.26 Å². The highest BCUT2D eigenvalue weighted by atomic mass is 16.5. The average molecular weight is 384 g/mol. The Morgan fingerprint density at radius 2 is 1.72 bits per heavy atom. The Hall–Kier alpha value is -4.11. The van der Waals surface area contributed by atoms with Crippen LogP contribution in [0.1, 0.15) is 15.9 Å². The molecule has 0 aliphatic heterocycles. The van der Waals surface area contributed by atoms with Crippen molar-refractivity contribution < 1.29 is 18.7 Å². The summed E-state index contributed by atoms with van der Waals surface area (Å²) in [5.41, 5.74) is 2.93. The predicted octanol–water partition coefficient (Wildman–Crippen LogP) is 4.45. The summed E-state index contributed by atoms with van der Waals surface area (Å²) >= 11 is 0. The van der Waals surface area contributed by atoms with Crippen LogP contribution < -0.4 is 5.32 Å². The number of nitrogens with one attached hydrogen (secondary N) is 1. The number of ether oxygens (including phenoxy) is 1. The number of esters is 1. The molecular weight excluding hydrogens is 368 g/mol. The summed E-state index contributed by atoms with van der Waals surface area (Å²) in [4.78, 5) is 24.5. The van der Waals surface area contributed by atoms with Gasteiger partial charge in [-0.25, -0.2) is 4.79 Å². The lowest BCUT2D eigenvalue weighted by Gasteiger charge is -2.08. The van der Waals surface area contributed by atoms with Crippen LogP contribution in [0, 0.1) is 11.3 Å². The fraction of sp³-hybridized carbons (Fsp3) is 0.0870. The van der Waals surface area contributed by atoms with Crippen molar-refractivity contribution in [2.24, 2.45) is 0 Å². The van der Waals surface area contributed by atoms with Gasteiger partial charge < -0.3 is 14.5 Å². The van der Waals surface area contributed by atoms with Crippen LogP contribution in [-0.4, -0.2) is 18.5 Å². The fourth-order valence-electron chi connectivity index (χ4n) is 3.17. The van der Waals surface area contributed by atoms with Gasteiger partial charge in [0.2, 0.25) is 0 Å². The summed E-state index contributed by atoms with van der Waals surface area (Å²) in [6, 6.07) is 21.7. The highest BCUT2D eigenvalue weighted by Gasteiger charge is 2.14. The van der Waals surface area contributed by atoms with Crippen molar-refractivity contribution >= 4 is 39.5 Å². The maximum absolute atomic E-state index is 12.3. The molecule has 3 aromatic carbocycles. The van der Waals surface area contributed by atoms with E-state index in [-0.39, 0.29) is 12.0 Å². The van der Waals surface area contributed by atoms with Crippen LogP contribution in [0.2, 0.25) is 0 Å². The molecule has 1 N–H and O–H groups in total. The molecule has 0 spiro atoms. The number of hydrogen-bond donors (Lipinski definition) is 1. The number of carbonyl (C=O) groups is 2. The van der Waals surface area contributed by atoms with E-state index < -0.39 is 18.5 Å². The second-order valence-electron chi connectivity index (χ2n) is 6.43. The molecule has 0 radical (unpaired) electrons. The number of rotatable bonds is 5. The van der Waals surface area contributed by atoms with E-state index in [1.54, 1.807) is 36.4 Å². The molecule has 0 aliphatic carbocycles. The van der Waals surface area contributed by atoms with Gasteiger partial charge in [0, 0.05) is 16.5 Å². The van der Waals surface area contributed by atoms with E-state index in [4.69, 9.17) is 14.4 Å². The van der Waals surface area contributed by atoms with Crippen LogP contribution in [0.25, 0.3) is 21.9 Å². The molecular formula is C23H16N2O4. The van der Waals surface area contributed by atoms with Gasteiger partial charge in [-0.3, -0.25) is 4.79 Å². The predicted molar refractivity (Wildman–Crippen MR) is 108 cm³/mol. The van der Waals surface area contributed by atoms with E-state index in [1.165, 1.54) is 0 Å². The first-order valence-electron chi connectivity index (χ1n) is 8.99. The summed E-state index contributed by atoms with van der Waals surface area (Å²) < 4.78 is 10.9. The molecule has 29 heavy (non-hydrogen) atoms. The molecule has 1 heterocycles. The minimum absolute atomic E-state index is 0.0934. The third-order valence-corrected chi connectivity index (χ3v) is 4.50. The molecule has 142 valence electrons. The maximum Gasteiger partial charge on any atom is 0.338 e. The standard InChI is InChI=1S/C23H16N2O4/c24-12-11-15-5-1-2-6-17(15)23(27)28-14-22(26)25-16-9-10-21-19(13-16)18-7-3-4-8-20(18)29-21/h1-10,13H,11,14H2,(H,25,26). The first-order chi connectivity index (χ1) is 14.2. The van der Waals surface area contributed by atoms with E-state index >= 15 is 0 Å². The molecule has 0 fully saturated rings. The molecule has 0 aliphatic rings. The number of benzene rings is 3. The Bertz CT molecular complexity index is 1270. The van der Waals surface area contributed by atoms with E-state index in [0.717, 1.165) is 21.9 Å². The highest BCUT2D eigenvalue weighted by molar-refractivity contribution is 6.07. The zero-order valence-corrected chi connectivity index (χ0v) is 15.3. The summed E-state index contributed by atoms with van der Waals surface area (Å²) in [6.07, 6.45) is 0.0934. The minimum atomic E-state index is -0.637. The summed E-state index contributed by atoms with van der Waals surface area (Å²) in [6.45, 7) is -0.427. The van der Waals surface area contributed by atoms with Crippen LogP contribution in [-0.2, 0) is 16.0 Å². The number of furan rings is 1. The first-order valence-corrected chi connectivity index (χ1v) is 8.99. The zero-order valence-electron chi connectivity index (χ0n) is 15.3. The smallest absolute Gasteiger partial charge is 0.338 e. The minimum Gasteiger partial charge on any atom is -0.456 e. The zero-order chi connectivity index (χ0) is 20.2. The largest absolute Gasteiger partial charge is 0.456 e. The van der Waals surface area contributed by atoms with Crippen molar-refractivity contribution in [2.75, 3.05) is 11.9 Å². The first kappa shape index (κ1) is 18.3. The van der Waals surface area contributed by atoms with E-state index in [2.05, 4.69) is 5.32 Å². The number of hydrogen-bond acceptors (Lipinski definition) is 5. The van der Waals surface area contributed by atoms with E-state index in [9.17, 15) is 9.59 Å². The Morgan fingerprint density at radius 1 is 0.966 bits per heavy atom. The van der Waals surface area contributed by atoms with Gasteiger partial charge in [0.1, 0.15) is 11.2 Å². The molecule has 0 atom stereocenters. The van der Waals surface area contributed by atoms with Gasteiger partial charge >= 0.3 is 5.97 Å². The number of para-hydroxylation sites is 1. The third kappa shape index (κ3) is 3.80. The fourth-order valence-corrected chi connectivity index (χ4v) is 3.17. The van der Waals surface area contributed by atoms with Gasteiger partial charge in [0.05, 0.1) is 18.1 Å². The van der Waals surface area contributed by atoms with Gasteiger partial charge in [-0.15, -0.1) is 0 Å². The lowest BCUT2D eigenvalue weighted by Crippen LogP contribution is -2.21. The highest BCUT2D eigenvalue weighted by Crippen LogP contribution is 2.30. The number of anilines is 1. The van der Waals surface area contributed by atoms with Crippen LogP contribution in [0.15, 0.2) is 71.1 Å². The van der Waals surface area contributed by atoms with Crippen LogP contribution in [0.5, 0.6) is 0 Å². The number of amides is 1. The second-order valence-corrected chi connectivity index (χ2v) is 6.43. The van der Waals surface area contributed by atoms with Crippen molar-refractivity contribution in [3.05, 3.63) is 77.9 Å². The quantitative estimate of drug-likeness (QED) is 0.513. The van der Waals surface area contributed by atoms with Crippen molar-refractivity contribution in [1.29, 1.82) is 5.26 Å². The van der Waals surface area contributed by atoms with Gasteiger partial charge in [0.25, 0.3) is 5.91 Å². The summed E-state index contributed by atoms with van der Waals surface area (Å²) in [5, 5.41) is 13.4. The summed E-state index contributed by atoms with van der Waals surface area (Å²) in [7, 11) is 0. The molecule has 1 amide bonds. The second kappa shape index (κ2) is 7.87. The SMILES string of the molecule is N#CCc1ccccc1C(=O)OCC(=O)Nc1ccc2oc3ccccc3c2c1. The maximum atomic E-state index is 12.3. The number of nitrogens with zero attached hydrogens (tertiary/aromatic N) is 1. The molecule has 0 bridgehead atoms. The van der Waals surface area contributed by atoms with Gasteiger partial charge in [-0.05, 0) is 35.9 Å². The van der Waals surface area contributed by atoms with Crippen LogP contribution >= 0.6 is 0 Å². The van der Waals surface area contributed by atoms with Gasteiger partial charge in [-0.1, -0.05) is 36.4 Å². The van der Waals surface area contributed by atoms with Crippen molar-refractivity contribution in [1.82, 2.24) is 0 Å². The number of fused-ring (bicyclic) bond motifs is 3. The van der Waals surface area contributed by atoms with Crippen molar-refractivity contribution in [3.63, 3.8) is 0 Å². The lowest BCUT2D eigenvalue weighted by atomic mass is 10.1. The molecule has 6 heteroatoms. The van der Waals surface area contributed by atoms with Crippen molar-refractivity contribution in [2.45, 2.75) is 6.42 Å². The molecule has 6 nitrogen and oxygen atoms in total.